The van der Waals surface area contributed by atoms with Crippen LogP contribution < -0.4 is 0 Å². The van der Waals surface area contributed by atoms with E-state index in [9.17, 15) is 9.59 Å². The Labute approximate surface area is 150 Å². The van der Waals surface area contributed by atoms with Crippen LogP contribution in [0.4, 0.5) is 5.69 Å². The highest BCUT2D eigenvalue weighted by molar-refractivity contribution is 8.15. The van der Waals surface area contributed by atoms with Gasteiger partial charge in [0.15, 0.2) is 5.17 Å². The topological polar surface area (TPSA) is 70.0 Å². The SMILES string of the molecule is CC1SC(=Nc2ccc(C(=O)O)cc2)N(CCc2ccccc2)C1=O. The molecule has 25 heavy (non-hydrogen) atoms. The molecule has 1 amide bonds. The van der Waals surface area contributed by atoms with Crippen molar-refractivity contribution in [2.75, 3.05) is 6.54 Å². The minimum absolute atomic E-state index is 0.0573. The fraction of sp³-hybridized carbons (Fsp3) is 0.211. The van der Waals surface area contributed by atoms with Crippen molar-refractivity contribution >= 4 is 34.5 Å². The Morgan fingerprint density at radius 1 is 1.16 bits per heavy atom. The number of carboxylic acid groups (broad SMARTS) is 1. The van der Waals surface area contributed by atoms with Crippen LogP contribution in [0.25, 0.3) is 0 Å². The standard InChI is InChI=1S/C19H18N2O3S/c1-13-17(22)21(12-11-14-5-3-2-4-6-14)19(25-13)20-16-9-7-15(8-10-16)18(23)24/h2-10,13H,11-12H2,1H3,(H,23,24). The highest BCUT2D eigenvalue weighted by atomic mass is 32.2. The van der Waals surface area contributed by atoms with Crippen LogP contribution in [0.3, 0.4) is 0 Å². The van der Waals surface area contributed by atoms with Crippen molar-refractivity contribution in [2.45, 2.75) is 18.6 Å². The zero-order valence-corrected chi connectivity index (χ0v) is 14.6. The third-order valence-electron chi connectivity index (χ3n) is 3.93. The van der Waals surface area contributed by atoms with Crippen molar-refractivity contribution in [3.05, 3.63) is 65.7 Å². The molecule has 0 aromatic heterocycles. The van der Waals surface area contributed by atoms with E-state index in [0.29, 0.717) is 17.4 Å². The molecule has 1 heterocycles. The molecule has 0 saturated carbocycles. The number of aliphatic imine (C=N–C) groups is 1. The second kappa shape index (κ2) is 7.53. The van der Waals surface area contributed by atoms with Crippen LogP contribution in [-0.4, -0.2) is 38.8 Å². The lowest BCUT2D eigenvalue weighted by atomic mass is 10.1. The molecule has 1 aliphatic rings. The molecule has 2 aromatic rings. The van der Waals surface area contributed by atoms with Gasteiger partial charge in [-0.25, -0.2) is 9.79 Å². The molecule has 0 bridgehead atoms. The molecule has 1 unspecified atom stereocenters. The van der Waals surface area contributed by atoms with E-state index < -0.39 is 5.97 Å². The first-order valence-corrected chi connectivity index (χ1v) is 8.86. The monoisotopic (exact) mass is 354 g/mol. The van der Waals surface area contributed by atoms with E-state index in [0.717, 1.165) is 6.42 Å². The minimum atomic E-state index is -0.970. The van der Waals surface area contributed by atoms with Gasteiger partial charge in [0.05, 0.1) is 16.5 Å². The second-order valence-electron chi connectivity index (χ2n) is 5.73. The van der Waals surface area contributed by atoms with E-state index in [-0.39, 0.29) is 16.7 Å². The van der Waals surface area contributed by atoms with Gasteiger partial charge in [-0.2, -0.15) is 0 Å². The van der Waals surface area contributed by atoms with Crippen LogP contribution in [-0.2, 0) is 11.2 Å². The Balaban J connectivity index is 1.77. The number of hydrogen-bond donors (Lipinski definition) is 1. The van der Waals surface area contributed by atoms with Crippen LogP contribution in [0.1, 0.15) is 22.8 Å². The minimum Gasteiger partial charge on any atom is -0.478 e. The van der Waals surface area contributed by atoms with E-state index in [1.807, 2.05) is 37.3 Å². The largest absolute Gasteiger partial charge is 0.478 e. The molecule has 0 spiro atoms. The summed E-state index contributed by atoms with van der Waals surface area (Å²) in [5.74, 6) is -0.912. The van der Waals surface area contributed by atoms with Gasteiger partial charge in [0.1, 0.15) is 0 Å². The molecule has 0 radical (unpaired) electrons. The summed E-state index contributed by atoms with van der Waals surface area (Å²) in [6.07, 6.45) is 0.761. The molecule has 3 rings (SSSR count). The van der Waals surface area contributed by atoms with Gasteiger partial charge in [0.2, 0.25) is 5.91 Å². The summed E-state index contributed by atoms with van der Waals surface area (Å²) < 4.78 is 0. The summed E-state index contributed by atoms with van der Waals surface area (Å²) in [4.78, 5) is 29.6. The number of amidine groups is 1. The smallest absolute Gasteiger partial charge is 0.335 e. The van der Waals surface area contributed by atoms with E-state index in [2.05, 4.69) is 4.99 Å². The Bertz CT molecular complexity index is 803. The number of carboxylic acids is 1. The van der Waals surface area contributed by atoms with E-state index in [1.54, 1.807) is 17.0 Å². The first kappa shape index (κ1) is 17.2. The fourth-order valence-corrected chi connectivity index (χ4v) is 3.56. The summed E-state index contributed by atoms with van der Waals surface area (Å²) in [5.41, 5.74) is 2.03. The lowest BCUT2D eigenvalue weighted by Gasteiger charge is -2.16. The fourth-order valence-electron chi connectivity index (χ4n) is 2.55. The Kier molecular flexibility index (Phi) is 5.19. The lowest BCUT2D eigenvalue weighted by molar-refractivity contribution is -0.125. The van der Waals surface area contributed by atoms with Crippen molar-refractivity contribution in [1.82, 2.24) is 4.90 Å². The Morgan fingerprint density at radius 2 is 1.84 bits per heavy atom. The number of rotatable bonds is 5. The van der Waals surface area contributed by atoms with Crippen LogP contribution in [0.2, 0.25) is 0 Å². The number of carbonyl (C=O) groups is 2. The number of carbonyl (C=O) groups excluding carboxylic acids is 1. The van der Waals surface area contributed by atoms with Gasteiger partial charge < -0.3 is 5.11 Å². The maximum absolute atomic E-state index is 12.4. The molecule has 128 valence electrons. The molecule has 2 aromatic carbocycles. The molecular formula is C19H18N2O3S. The predicted molar refractivity (Wildman–Crippen MR) is 99.4 cm³/mol. The van der Waals surface area contributed by atoms with Gasteiger partial charge in [-0.3, -0.25) is 9.69 Å². The van der Waals surface area contributed by atoms with Gasteiger partial charge in [0.25, 0.3) is 0 Å². The predicted octanol–water partition coefficient (Wildman–Crippen LogP) is 3.58. The second-order valence-corrected chi connectivity index (χ2v) is 7.04. The van der Waals surface area contributed by atoms with Crippen LogP contribution >= 0.6 is 11.8 Å². The summed E-state index contributed by atoms with van der Waals surface area (Å²) >= 11 is 1.43. The quantitative estimate of drug-likeness (QED) is 0.891. The van der Waals surface area contributed by atoms with Gasteiger partial charge in [-0.05, 0) is 43.2 Å². The maximum atomic E-state index is 12.4. The average Bonchev–Trinajstić information content (AvgIpc) is 2.88. The molecule has 1 aliphatic heterocycles. The van der Waals surface area contributed by atoms with Crippen molar-refractivity contribution in [3.8, 4) is 0 Å². The highest BCUT2D eigenvalue weighted by Crippen LogP contribution is 2.29. The highest BCUT2D eigenvalue weighted by Gasteiger charge is 2.34. The van der Waals surface area contributed by atoms with Gasteiger partial charge in [-0.15, -0.1) is 0 Å². The molecule has 1 N–H and O–H groups in total. The number of nitrogens with zero attached hydrogens (tertiary/aromatic N) is 2. The third kappa shape index (κ3) is 4.09. The number of thioether (sulfide) groups is 1. The number of aromatic carboxylic acids is 1. The van der Waals surface area contributed by atoms with Crippen molar-refractivity contribution in [1.29, 1.82) is 0 Å². The molecule has 1 saturated heterocycles. The Hall–Kier alpha value is -2.60. The van der Waals surface area contributed by atoms with E-state index >= 15 is 0 Å². The van der Waals surface area contributed by atoms with Crippen LogP contribution in [0, 0.1) is 0 Å². The molecule has 1 fully saturated rings. The van der Waals surface area contributed by atoms with Gasteiger partial charge >= 0.3 is 5.97 Å². The first-order chi connectivity index (χ1) is 12.0. The molecule has 0 aliphatic carbocycles. The van der Waals surface area contributed by atoms with Crippen molar-refractivity contribution < 1.29 is 14.7 Å². The zero-order chi connectivity index (χ0) is 17.8. The summed E-state index contributed by atoms with van der Waals surface area (Å²) in [6, 6.07) is 16.4. The summed E-state index contributed by atoms with van der Waals surface area (Å²) in [5, 5.41) is 9.46. The van der Waals surface area contributed by atoms with Crippen LogP contribution in [0.5, 0.6) is 0 Å². The zero-order valence-electron chi connectivity index (χ0n) is 13.8. The molecule has 5 nitrogen and oxygen atoms in total. The van der Waals surface area contributed by atoms with Crippen molar-refractivity contribution in [2.24, 2.45) is 4.99 Å². The molecular weight excluding hydrogens is 336 g/mol. The number of benzene rings is 2. The number of amides is 1. The molecule has 6 heteroatoms. The third-order valence-corrected chi connectivity index (χ3v) is 5.01. The van der Waals surface area contributed by atoms with Crippen molar-refractivity contribution in [3.63, 3.8) is 0 Å². The molecule has 1 atom stereocenters. The van der Waals surface area contributed by atoms with E-state index in [4.69, 9.17) is 5.11 Å². The summed E-state index contributed by atoms with van der Waals surface area (Å²) in [6.45, 7) is 2.45. The maximum Gasteiger partial charge on any atom is 0.335 e. The van der Waals surface area contributed by atoms with Gasteiger partial charge in [-0.1, -0.05) is 42.1 Å². The van der Waals surface area contributed by atoms with Crippen LogP contribution in [0.15, 0.2) is 59.6 Å². The Morgan fingerprint density at radius 3 is 2.48 bits per heavy atom. The first-order valence-electron chi connectivity index (χ1n) is 7.98. The lowest BCUT2D eigenvalue weighted by Crippen LogP contribution is -2.33. The van der Waals surface area contributed by atoms with Gasteiger partial charge in [0, 0.05) is 6.54 Å². The number of hydrogen-bond acceptors (Lipinski definition) is 4. The van der Waals surface area contributed by atoms with E-state index in [1.165, 1.54) is 29.5 Å². The normalized spacial score (nSPS) is 18.8. The summed E-state index contributed by atoms with van der Waals surface area (Å²) in [7, 11) is 0. The average molecular weight is 354 g/mol.